The first kappa shape index (κ1) is 26.1. The van der Waals surface area contributed by atoms with Crippen LogP contribution in [0.1, 0.15) is 18.1 Å². The number of primary sulfonamides is 1. The quantitative estimate of drug-likeness (QED) is 0.192. The molecular formula is C25H25FN4O3S2. The fourth-order valence-electron chi connectivity index (χ4n) is 3.36. The number of rotatable bonds is 9. The molecular weight excluding hydrogens is 487 g/mol. The van der Waals surface area contributed by atoms with Gasteiger partial charge in [-0.25, -0.2) is 17.9 Å². The van der Waals surface area contributed by atoms with Crippen LogP contribution in [0.5, 0.6) is 0 Å². The fourth-order valence-corrected chi connectivity index (χ4v) is 4.82. The molecule has 6 N–H and O–H groups in total. The molecule has 35 heavy (non-hydrogen) atoms. The molecule has 0 fully saturated rings. The number of amides is 1. The number of thioether (sulfide) groups is 1. The highest BCUT2D eigenvalue weighted by atomic mass is 32.2. The normalized spacial score (nSPS) is 12.1. The smallest absolute Gasteiger partial charge is 0.284 e. The summed E-state index contributed by atoms with van der Waals surface area (Å²) in [5.74, 6) is -1.01. The summed E-state index contributed by atoms with van der Waals surface area (Å²) in [5.41, 5.74) is 8.00. The average molecular weight is 513 g/mol. The van der Waals surface area contributed by atoms with Crippen LogP contribution >= 0.6 is 11.8 Å². The molecule has 0 aliphatic carbocycles. The second kappa shape index (κ2) is 11.3. The summed E-state index contributed by atoms with van der Waals surface area (Å²) in [4.78, 5) is 12.7. The van der Waals surface area contributed by atoms with Gasteiger partial charge in [-0.3, -0.25) is 10.2 Å². The molecule has 10 heteroatoms. The van der Waals surface area contributed by atoms with Gasteiger partial charge in [0.1, 0.15) is 5.84 Å². The highest BCUT2D eigenvalue weighted by Crippen LogP contribution is 2.29. The van der Waals surface area contributed by atoms with Crippen molar-refractivity contribution in [2.75, 3.05) is 16.8 Å². The fraction of sp³-hybridized carbons (Fsp3) is 0.120. The van der Waals surface area contributed by atoms with Crippen molar-refractivity contribution < 1.29 is 17.6 Å². The molecule has 0 saturated carbocycles. The van der Waals surface area contributed by atoms with Crippen molar-refractivity contribution in [3.05, 3.63) is 89.8 Å². The Morgan fingerprint density at radius 3 is 2.31 bits per heavy atom. The molecule has 3 rings (SSSR count). The van der Waals surface area contributed by atoms with E-state index in [-0.39, 0.29) is 22.1 Å². The van der Waals surface area contributed by atoms with Gasteiger partial charge in [0.05, 0.1) is 4.90 Å². The predicted octanol–water partition coefficient (Wildman–Crippen LogP) is 4.36. The summed E-state index contributed by atoms with van der Waals surface area (Å²) in [7, 11) is -3.92. The molecule has 182 valence electrons. The number of nitrogens with one attached hydrogen (secondary N) is 2. The third kappa shape index (κ3) is 6.56. The van der Waals surface area contributed by atoms with Gasteiger partial charge in [0.2, 0.25) is 10.0 Å². The van der Waals surface area contributed by atoms with Crippen LogP contribution in [0.4, 0.5) is 10.1 Å². The number of benzene rings is 3. The Balaban J connectivity index is 1.89. The Hall–Kier alpha value is -3.47. The van der Waals surface area contributed by atoms with E-state index in [0.29, 0.717) is 27.9 Å². The van der Waals surface area contributed by atoms with Gasteiger partial charge in [-0.2, -0.15) is 11.8 Å². The van der Waals surface area contributed by atoms with E-state index in [2.05, 4.69) is 5.32 Å². The minimum atomic E-state index is -3.92. The Bertz CT molecular complexity index is 1390. The summed E-state index contributed by atoms with van der Waals surface area (Å²) in [6.45, 7) is 1.93. The Morgan fingerprint density at radius 1 is 1.03 bits per heavy atom. The zero-order chi connectivity index (χ0) is 25.6. The number of halogens is 1. The number of hydrogen-bond acceptors (Lipinski definition) is 5. The molecule has 0 unspecified atom stereocenters. The standard InChI is InChI=1S/C25H25FN4O3S2/c1-2-34-15-21(17-6-5-7-18(14-17)24(27)28)23(26)25(31)30-19-12-10-16(11-13-19)20-8-3-4-9-22(20)35(29,32)33/h3-14H,2,15H2,1H3,(H3,27,28)(H,30,31)(H2,29,32,33)/b23-21+. The summed E-state index contributed by atoms with van der Waals surface area (Å²) in [5, 5.41) is 15.5. The van der Waals surface area contributed by atoms with Gasteiger partial charge in [0.15, 0.2) is 5.83 Å². The molecule has 0 radical (unpaired) electrons. The van der Waals surface area contributed by atoms with E-state index in [9.17, 15) is 13.2 Å². The van der Waals surface area contributed by atoms with Crippen molar-refractivity contribution in [1.29, 1.82) is 5.41 Å². The van der Waals surface area contributed by atoms with Gasteiger partial charge in [-0.05, 0) is 41.1 Å². The van der Waals surface area contributed by atoms with Crippen molar-refractivity contribution in [3.63, 3.8) is 0 Å². The topological polar surface area (TPSA) is 139 Å². The molecule has 7 nitrogen and oxygen atoms in total. The first-order valence-electron chi connectivity index (χ1n) is 10.6. The largest absolute Gasteiger partial charge is 0.384 e. The van der Waals surface area contributed by atoms with Gasteiger partial charge in [0, 0.05) is 28.1 Å². The Labute approximate surface area is 208 Å². The highest BCUT2D eigenvalue weighted by molar-refractivity contribution is 7.99. The molecule has 3 aromatic carbocycles. The van der Waals surface area contributed by atoms with Crippen molar-refractivity contribution in [2.45, 2.75) is 11.8 Å². The first-order chi connectivity index (χ1) is 16.6. The predicted molar refractivity (Wildman–Crippen MR) is 140 cm³/mol. The number of hydrogen-bond donors (Lipinski definition) is 4. The summed E-state index contributed by atoms with van der Waals surface area (Å²) in [6, 6.07) is 19.2. The number of amidine groups is 1. The highest BCUT2D eigenvalue weighted by Gasteiger charge is 2.19. The van der Waals surface area contributed by atoms with Crippen LogP contribution in [-0.4, -0.2) is 31.7 Å². The Kier molecular flexibility index (Phi) is 8.44. The molecule has 0 heterocycles. The molecule has 0 aliphatic heterocycles. The lowest BCUT2D eigenvalue weighted by molar-refractivity contribution is -0.114. The van der Waals surface area contributed by atoms with Crippen LogP contribution in [0.15, 0.2) is 83.5 Å². The molecule has 3 aromatic rings. The molecule has 0 atom stereocenters. The third-order valence-electron chi connectivity index (χ3n) is 5.08. The summed E-state index contributed by atoms with van der Waals surface area (Å²) >= 11 is 1.46. The second-order valence-electron chi connectivity index (χ2n) is 7.50. The summed E-state index contributed by atoms with van der Waals surface area (Å²) < 4.78 is 39.1. The van der Waals surface area contributed by atoms with E-state index in [4.69, 9.17) is 16.3 Å². The second-order valence-corrected chi connectivity index (χ2v) is 10.3. The number of carbonyl (C=O) groups is 1. The lowest BCUT2D eigenvalue weighted by Gasteiger charge is -2.12. The zero-order valence-corrected chi connectivity index (χ0v) is 20.5. The van der Waals surface area contributed by atoms with E-state index in [1.54, 1.807) is 66.7 Å². The molecule has 1 amide bonds. The van der Waals surface area contributed by atoms with Gasteiger partial charge >= 0.3 is 0 Å². The third-order valence-corrected chi connectivity index (χ3v) is 6.95. The monoisotopic (exact) mass is 512 g/mol. The lowest BCUT2D eigenvalue weighted by Crippen LogP contribution is -2.15. The minimum absolute atomic E-state index is 0.0170. The van der Waals surface area contributed by atoms with Crippen LogP contribution in [0, 0.1) is 5.41 Å². The van der Waals surface area contributed by atoms with Crippen LogP contribution in [-0.2, 0) is 14.8 Å². The SMILES string of the molecule is CCSC/C(=C(\F)C(=O)Nc1ccc(-c2ccccc2S(N)(=O)=O)cc1)c1cccc(C(=N)N)c1. The number of carbonyl (C=O) groups excluding carboxylic acids is 1. The van der Waals surface area contributed by atoms with Gasteiger partial charge in [-0.1, -0.05) is 55.5 Å². The molecule has 0 aromatic heterocycles. The lowest BCUT2D eigenvalue weighted by atomic mass is 10.0. The average Bonchev–Trinajstić information content (AvgIpc) is 2.84. The van der Waals surface area contributed by atoms with Crippen LogP contribution in [0.25, 0.3) is 16.7 Å². The van der Waals surface area contributed by atoms with Crippen molar-refractivity contribution >= 4 is 44.8 Å². The van der Waals surface area contributed by atoms with Crippen LogP contribution < -0.4 is 16.2 Å². The van der Waals surface area contributed by atoms with E-state index < -0.39 is 21.8 Å². The maximum Gasteiger partial charge on any atom is 0.284 e. The number of sulfonamides is 1. The number of nitrogens with two attached hydrogens (primary N) is 2. The first-order valence-corrected chi connectivity index (χ1v) is 13.3. The van der Waals surface area contributed by atoms with Crippen LogP contribution in [0.2, 0.25) is 0 Å². The maximum absolute atomic E-state index is 15.3. The maximum atomic E-state index is 15.3. The minimum Gasteiger partial charge on any atom is -0.384 e. The van der Waals surface area contributed by atoms with Crippen molar-refractivity contribution in [2.24, 2.45) is 10.9 Å². The summed E-state index contributed by atoms with van der Waals surface area (Å²) in [6.07, 6.45) is 0. The van der Waals surface area contributed by atoms with Gasteiger partial charge < -0.3 is 11.1 Å². The molecule has 0 spiro atoms. The van der Waals surface area contributed by atoms with E-state index in [0.717, 1.165) is 5.75 Å². The molecule has 0 saturated heterocycles. The van der Waals surface area contributed by atoms with Crippen molar-refractivity contribution in [3.8, 4) is 11.1 Å². The molecule has 0 bridgehead atoms. The van der Waals surface area contributed by atoms with Gasteiger partial charge in [-0.15, -0.1) is 0 Å². The zero-order valence-electron chi connectivity index (χ0n) is 18.9. The molecule has 0 aliphatic rings. The van der Waals surface area contributed by atoms with E-state index in [1.807, 2.05) is 6.92 Å². The number of anilines is 1. The van der Waals surface area contributed by atoms with Crippen molar-refractivity contribution in [1.82, 2.24) is 0 Å². The Morgan fingerprint density at radius 2 is 1.69 bits per heavy atom. The van der Waals surface area contributed by atoms with Crippen LogP contribution in [0.3, 0.4) is 0 Å². The van der Waals surface area contributed by atoms with E-state index in [1.165, 1.54) is 17.8 Å². The van der Waals surface area contributed by atoms with E-state index >= 15 is 4.39 Å². The number of nitrogen functional groups attached to an aromatic ring is 1. The van der Waals surface area contributed by atoms with Gasteiger partial charge in [0.25, 0.3) is 5.91 Å².